The third-order valence-corrected chi connectivity index (χ3v) is 1.17. The third kappa shape index (κ3) is 1.41. The van der Waals surface area contributed by atoms with E-state index in [4.69, 9.17) is 0 Å². The predicted octanol–water partition coefficient (Wildman–Crippen LogP) is 2.19. The number of alkyl halides is 1. The molecule has 1 aromatic heterocycles. The van der Waals surface area contributed by atoms with Crippen molar-refractivity contribution < 1.29 is 4.39 Å². The summed E-state index contributed by atoms with van der Waals surface area (Å²) in [5.74, 6) is 0. The zero-order valence-electron chi connectivity index (χ0n) is 5.55. The zero-order chi connectivity index (χ0) is 7.40. The Kier molecular flexibility index (Phi) is 2.15. The lowest BCUT2D eigenvalue weighted by molar-refractivity contribution is 0.476. The molecule has 0 unspecified atom stereocenters. The molecule has 0 aromatic carbocycles. The van der Waals surface area contributed by atoms with Gasteiger partial charge in [0.2, 0.25) is 0 Å². The first-order valence-electron chi connectivity index (χ1n) is 3.01. The number of pyridine rings is 1. The molecule has 0 spiro atoms. The lowest BCUT2D eigenvalue weighted by Gasteiger charge is -1.93. The maximum absolute atomic E-state index is 11.9. The van der Waals surface area contributed by atoms with Crippen LogP contribution in [0.15, 0.2) is 24.8 Å². The highest BCUT2D eigenvalue weighted by Gasteiger charge is 1.91. The Balaban J connectivity index is 2.98. The van der Waals surface area contributed by atoms with Gasteiger partial charge in [0.05, 0.1) is 11.4 Å². The fourth-order valence-corrected chi connectivity index (χ4v) is 0.686. The molecule has 0 amide bonds. The van der Waals surface area contributed by atoms with Crippen LogP contribution in [-0.4, -0.2) is 4.98 Å². The molecule has 0 aliphatic carbocycles. The van der Waals surface area contributed by atoms with Crippen LogP contribution in [0.3, 0.4) is 0 Å². The van der Waals surface area contributed by atoms with Crippen LogP contribution in [0.25, 0.3) is 6.08 Å². The number of halogens is 1. The molecule has 1 nitrogen and oxygen atoms in total. The van der Waals surface area contributed by atoms with Crippen molar-refractivity contribution in [2.45, 2.75) is 6.67 Å². The van der Waals surface area contributed by atoms with Gasteiger partial charge >= 0.3 is 0 Å². The smallest absolute Gasteiger partial charge is 0.131 e. The number of hydrogen-bond acceptors (Lipinski definition) is 1. The number of nitrogens with zero attached hydrogens (tertiary/aromatic N) is 1. The Morgan fingerprint density at radius 1 is 1.60 bits per heavy atom. The summed E-state index contributed by atoms with van der Waals surface area (Å²) in [6, 6.07) is 5.19. The molecule has 0 atom stereocenters. The highest BCUT2D eigenvalue weighted by atomic mass is 19.1. The quantitative estimate of drug-likeness (QED) is 0.608. The molecule has 2 heteroatoms. The van der Waals surface area contributed by atoms with E-state index >= 15 is 0 Å². The first-order chi connectivity index (χ1) is 4.86. The molecular weight excluding hydrogens is 129 g/mol. The standard InChI is InChI=1S/C8H8FN/c1-2-7-4-3-5-8(6-9)10-7/h2-5H,1,6H2. The Morgan fingerprint density at radius 2 is 2.40 bits per heavy atom. The molecular formula is C8H8FN. The molecule has 0 saturated carbocycles. The Bertz CT molecular complexity index is 232. The van der Waals surface area contributed by atoms with Gasteiger partial charge in [0.25, 0.3) is 0 Å². The normalized spacial score (nSPS) is 9.30. The Hall–Kier alpha value is -1.18. The van der Waals surface area contributed by atoms with Crippen molar-refractivity contribution in [3.63, 3.8) is 0 Å². The van der Waals surface area contributed by atoms with Gasteiger partial charge in [0.15, 0.2) is 0 Å². The molecule has 1 aromatic rings. The minimum atomic E-state index is -0.512. The molecule has 0 fully saturated rings. The van der Waals surface area contributed by atoms with Gasteiger partial charge in [-0.05, 0) is 18.2 Å². The van der Waals surface area contributed by atoms with E-state index < -0.39 is 6.67 Å². The summed E-state index contributed by atoms with van der Waals surface area (Å²) < 4.78 is 11.9. The SMILES string of the molecule is C=Cc1cccc(CF)n1. The van der Waals surface area contributed by atoms with Crippen molar-refractivity contribution >= 4 is 6.08 Å². The van der Waals surface area contributed by atoms with E-state index in [1.165, 1.54) is 0 Å². The highest BCUT2D eigenvalue weighted by Crippen LogP contribution is 2.01. The second kappa shape index (κ2) is 3.11. The van der Waals surface area contributed by atoms with Crippen molar-refractivity contribution in [3.8, 4) is 0 Å². The molecule has 0 bridgehead atoms. The van der Waals surface area contributed by atoms with Crippen molar-refractivity contribution in [3.05, 3.63) is 36.2 Å². The van der Waals surface area contributed by atoms with Crippen molar-refractivity contribution in [1.82, 2.24) is 4.98 Å². The first-order valence-corrected chi connectivity index (χ1v) is 3.01. The number of hydrogen-bond donors (Lipinski definition) is 0. The van der Waals surface area contributed by atoms with Gasteiger partial charge in [0, 0.05) is 0 Å². The number of aromatic nitrogens is 1. The highest BCUT2D eigenvalue weighted by molar-refractivity contribution is 5.41. The van der Waals surface area contributed by atoms with Crippen LogP contribution in [-0.2, 0) is 6.67 Å². The van der Waals surface area contributed by atoms with Gasteiger partial charge in [-0.3, -0.25) is 4.98 Å². The van der Waals surface area contributed by atoms with Crippen LogP contribution in [0.1, 0.15) is 11.4 Å². The maximum Gasteiger partial charge on any atom is 0.131 e. The van der Waals surface area contributed by atoms with Crippen molar-refractivity contribution in [2.75, 3.05) is 0 Å². The fraction of sp³-hybridized carbons (Fsp3) is 0.125. The largest absolute Gasteiger partial charge is 0.251 e. The average Bonchev–Trinajstić information content (AvgIpc) is 2.05. The van der Waals surface area contributed by atoms with Crippen LogP contribution >= 0.6 is 0 Å². The van der Waals surface area contributed by atoms with Crippen LogP contribution in [0.5, 0.6) is 0 Å². The van der Waals surface area contributed by atoms with E-state index in [0.717, 1.165) is 5.69 Å². The second-order valence-electron chi connectivity index (χ2n) is 1.89. The second-order valence-corrected chi connectivity index (χ2v) is 1.89. The van der Waals surface area contributed by atoms with Crippen LogP contribution < -0.4 is 0 Å². The van der Waals surface area contributed by atoms with E-state index in [-0.39, 0.29) is 0 Å². The molecule has 52 valence electrons. The average molecular weight is 137 g/mol. The van der Waals surface area contributed by atoms with Gasteiger partial charge in [-0.2, -0.15) is 0 Å². The van der Waals surface area contributed by atoms with Gasteiger partial charge in [-0.15, -0.1) is 0 Å². The van der Waals surface area contributed by atoms with Crippen molar-refractivity contribution in [1.29, 1.82) is 0 Å². The molecule has 0 saturated heterocycles. The zero-order valence-corrected chi connectivity index (χ0v) is 5.55. The van der Waals surface area contributed by atoms with E-state index in [2.05, 4.69) is 11.6 Å². The minimum Gasteiger partial charge on any atom is -0.251 e. The van der Waals surface area contributed by atoms with E-state index in [9.17, 15) is 4.39 Å². The topological polar surface area (TPSA) is 12.9 Å². The summed E-state index contributed by atoms with van der Waals surface area (Å²) in [6.45, 7) is 3.01. The molecule has 0 N–H and O–H groups in total. The van der Waals surface area contributed by atoms with Crippen LogP contribution in [0.2, 0.25) is 0 Å². The maximum atomic E-state index is 11.9. The summed E-state index contributed by atoms with van der Waals surface area (Å²) in [4.78, 5) is 3.92. The van der Waals surface area contributed by atoms with Gasteiger partial charge in [-0.25, -0.2) is 4.39 Å². The summed E-state index contributed by atoms with van der Waals surface area (Å²) in [5, 5.41) is 0. The Morgan fingerprint density at radius 3 is 3.00 bits per heavy atom. The van der Waals surface area contributed by atoms with Crippen LogP contribution in [0, 0.1) is 0 Å². The van der Waals surface area contributed by atoms with Crippen LogP contribution in [0.4, 0.5) is 4.39 Å². The molecule has 0 aliphatic rings. The third-order valence-electron chi connectivity index (χ3n) is 1.17. The van der Waals surface area contributed by atoms with Gasteiger partial charge in [0.1, 0.15) is 6.67 Å². The lowest BCUT2D eigenvalue weighted by Crippen LogP contribution is -1.86. The summed E-state index contributed by atoms with van der Waals surface area (Å²) in [5.41, 5.74) is 1.17. The Labute approximate surface area is 59.2 Å². The summed E-state index contributed by atoms with van der Waals surface area (Å²) >= 11 is 0. The summed E-state index contributed by atoms with van der Waals surface area (Å²) in [6.07, 6.45) is 1.60. The monoisotopic (exact) mass is 137 g/mol. The van der Waals surface area contributed by atoms with E-state index in [1.807, 2.05) is 0 Å². The van der Waals surface area contributed by atoms with Gasteiger partial charge in [-0.1, -0.05) is 12.6 Å². The fourth-order valence-electron chi connectivity index (χ4n) is 0.686. The molecule has 1 rings (SSSR count). The molecule has 0 radical (unpaired) electrons. The van der Waals surface area contributed by atoms with E-state index in [0.29, 0.717) is 5.69 Å². The first kappa shape index (κ1) is 6.93. The molecule has 0 aliphatic heterocycles. The van der Waals surface area contributed by atoms with E-state index in [1.54, 1.807) is 24.3 Å². The molecule has 1 heterocycles. The lowest BCUT2D eigenvalue weighted by atomic mass is 10.3. The minimum absolute atomic E-state index is 0.456. The van der Waals surface area contributed by atoms with Crippen molar-refractivity contribution in [2.24, 2.45) is 0 Å². The number of rotatable bonds is 2. The van der Waals surface area contributed by atoms with Gasteiger partial charge < -0.3 is 0 Å². The summed E-state index contributed by atoms with van der Waals surface area (Å²) in [7, 11) is 0. The molecule has 10 heavy (non-hydrogen) atoms. The predicted molar refractivity (Wildman–Crippen MR) is 39.1 cm³/mol.